The monoisotopic (exact) mass is 467 g/mol. The molecule has 2 aromatic carbocycles. The van der Waals surface area contributed by atoms with Crippen LogP contribution in [0.2, 0.25) is 0 Å². The molecule has 35 heavy (non-hydrogen) atoms. The molecule has 2 aromatic heterocycles. The summed E-state index contributed by atoms with van der Waals surface area (Å²) in [6.45, 7) is 3.95. The maximum absolute atomic E-state index is 13.5. The van der Waals surface area contributed by atoms with E-state index in [2.05, 4.69) is 20.9 Å². The number of nitrogens with one attached hydrogen (secondary N) is 1. The van der Waals surface area contributed by atoms with E-state index in [0.717, 1.165) is 37.0 Å². The Morgan fingerprint density at radius 3 is 2.54 bits per heavy atom. The minimum atomic E-state index is -0.184. The molecule has 0 spiro atoms. The van der Waals surface area contributed by atoms with E-state index in [1.165, 1.54) is 5.56 Å². The van der Waals surface area contributed by atoms with Crippen LogP contribution in [0.5, 0.6) is 0 Å². The Bertz CT molecular complexity index is 1280. The van der Waals surface area contributed by atoms with E-state index in [-0.39, 0.29) is 18.4 Å². The molecule has 0 unspecified atom stereocenters. The number of pyridine rings is 1. The zero-order valence-electron chi connectivity index (χ0n) is 19.6. The molecule has 0 atom stereocenters. The first-order chi connectivity index (χ1) is 17.2. The van der Waals surface area contributed by atoms with Gasteiger partial charge in [-0.2, -0.15) is 0 Å². The van der Waals surface area contributed by atoms with Crippen molar-refractivity contribution in [3.63, 3.8) is 0 Å². The number of anilines is 1. The van der Waals surface area contributed by atoms with Crippen LogP contribution in [0, 0.1) is 0 Å². The largest absolute Gasteiger partial charge is 0.361 e. The van der Waals surface area contributed by atoms with Gasteiger partial charge in [-0.3, -0.25) is 24.4 Å². The number of aromatic amines is 1. The number of para-hydroxylation sites is 1. The number of aromatic nitrogens is 2. The summed E-state index contributed by atoms with van der Waals surface area (Å²) in [6.07, 6.45) is 6.50. The third kappa shape index (κ3) is 5.41. The van der Waals surface area contributed by atoms with Crippen molar-refractivity contribution in [1.29, 1.82) is 0 Å². The third-order valence-corrected chi connectivity index (χ3v) is 6.57. The van der Waals surface area contributed by atoms with E-state index in [9.17, 15) is 9.59 Å². The Morgan fingerprint density at radius 1 is 0.943 bits per heavy atom. The number of amides is 2. The molecule has 1 N–H and O–H groups in total. The number of hydrogen-bond acceptors (Lipinski definition) is 4. The number of carbonyl (C=O) groups is 2. The summed E-state index contributed by atoms with van der Waals surface area (Å²) in [5.41, 5.74) is 3.39. The smallest absolute Gasteiger partial charge is 0.258 e. The minimum Gasteiger partial charge on any atom is -0.361 e. The van der Waals surface area contributed by atoms with Gasteiger partial charge in [0.05, 0.1) is 0 Å². The molecule has 178 valence electrons. The van der Waals surface area contributed by atoms with Gasteiger partial charge in [-0.15, -0.1) is 0 Å². The SMILES string of the molecule is O=C(CN(C(=O)c1ccc2cc[nH]c2c1)c1ccccc1)N1CCN(CCc2cccnc2)CC1. The van der Waals surface area contributed by atoms with Gasteiger partial charge in [0.25, 0.3) is 5.91 Å². The highest BCUT2D eigenvalue weighted by Crippen LogP contribution is 2.20. The average Bonchev–Trinajstić information content (AvgIpc) is 3.39. The lowest BCUT2D eigenvalue weighted by Crippen LogP contribution is -2.52. The Morgan fingerprint density at radius 2 is 1.77 bits per heavy atom. The van der Waals surface area contributed by atoms with Crippen LogP contribution in [0.25, 0.3) is 10.9 Å². The Kier molecular flexibility index (Phi) is 6.86. The second-order valence-corrected chi connectivity index (χ2v) is 8.84. The molecule has 0 aliphatic carbocycles. The van der Waals surface area contributed by atoms with Gasteiger partial charge < -0.3 is 9.88 Å². The topological polar surface area (TPSA) is 72.5 Å². The van der Waals surface area contributed by atoms with Crippen LogP contribution in [-0.4, -0.2) is 70.9 Å². The fraction of sp³-hybridized carbons (Fsp3) is 0.250. The fourth-order valence-corrected chi connectivity index (χ4v) is 4.51. The van der Waals surface area contributed by atoms with Crippen molar-refractivity contribution in [3.8, 4) is 0 Å². The van der Waals surface area contributed by atoms with Crippen molar-refractivity contribution in [3.05, 3.63) is 96.4 Å². The molecular weight excluding hydrogens is 438 g/mol. The van der Waals surface area contributed by atoms with Crippen LogP contribution in [0.3, 0.4) is 0 Å². The summed E-state index contributed by atoms with van der Waals surface area (Å²) in [4.78, 5) is 40.0. The molecule has 1 fully saturated rings. The third-order valence-electron chi connectivity index (χ3n) is 6.57. The van der Waals surface area contributed by atoms with E-state index >= 15 is 0 Å². The second kappa shape index (κ2) is 10.5. The summed E-state index contributed by atoms with van der Waals surface area (Å²) < 4.78 is 0. The van der Waals surface area contributed by atoms with Gasteiger partial charge in [0.1, 0.15) is 6.54 Å². The highest BCUT2D eigenvalue weighted by molar-refractivity contribution is 6.10. The molecule has 5 rings (SSSR count). The van der Waals surface area contributed by atoms with Gasteiger partial charge >= 0.3 is 0 Å². The second-order valence-electron chi connectivity index (χ2n) is 8.84. The summed E-state index contributed by atoms with van der Waals surface area (Å²) in [5, 5.41) is 1.05. The molecule has 1 saturated heterocycles. The number of H-pyrrole nitrogens is 1. The molecule has 0 saturated carbocycles. The predicted molar refractivity (Wildman–Crippen MR) is 137 cm³/mol. The van der Waals surface area contributed by atoms with E-state index in [1.54, 1.807) is 11.1 Å². The number of nitrogens with zero attached hydrogens (tertiary/aromatic N) is 4. The molecule has 1 aliphatic rings. The number of piperazine rings is 1. The van der Waals surface area contributed by atoms with Crippen LogP contribution >= 0.6 is 0 Å². The molecule has 3 heterocycles. The molecular formula is C28H29N5O2. The van der Waals surface area contributed by atoms with Crippen molar-refractivity contribution < 1.29 is 9.59 Å². The van der Waals surface area contributed by atoms with Crippen molar-refractivity contribution in [2.45, 2.75) is 6.42 Å². The van der Waals surface area contributed by atoms with E-state index in [1.807, 2.05) is 78.0 Å². The van der Waals surface area contributed by atoms with E-state index in [0.29, 0.717) is 24.3 Å². The van der Waals surface area contributed by atoms with Gasteiger partial charge in [-0.1, -0.05) is 30.3 Å². The van der Waals surface area contributed by atoms with E-state index in [4.69, 9.17) is 0 Å². The van der Waals surface area contributed by atoms with Crippen LogP contribution in [0.4, 0.5) is 5.69 Å². The van der Waals surface area contributed by atoms with Gasteiger partial charge in [-0.05, 0) is 53.8 Å². The van der Waals surface area contributed by atoms with Crippen LogP contribution in [0.1, 0.15) is 15.9 Å². The summed E-state index contributed by atoms with van der Waals surface area (Å²) in [7, 11) is 0. The van der Waals surface area contributed by atoms with Crippen molar-refractivity contribution in [2.24, 2.45) is 0 Å². The first-order valence-corrected chi connectivity index (χ1v) is 12.0. The fourth-order valence-electron chi connectivity index (χ4n) is 4.51. The summed E-state index contributed by atoms with van der Waals surface area (Å²) in [5.74, 6) is -0.216. The molecule has 1 aliphatic heterocycles. The summed E-state index contributed by atoms with van der Waals surface area (Å²) in [6, 6.07) is 21.0. The van der Waals surface area contributed by atoms with Crippen LogP contribution in [-0.2, 0) is 11.2 Å². The number of carbonyl (C=O) groups excluding carboxylic acids is 2. The zero-order chi connectivity index (χ0) is 24.0. The Hall–Kier alpha value is -3.97. The number of rotatable bonds is 7. The van der Waals surface area contributed by atoms with Crippen LogP contribution < -0.4 is 4.90 Å². The molecule has 7 heteroatoms. The van der Waals surface area contributed by atoms with Gasteiger partial charge in [-0.25, -0.2) is 0 Å². The lowest BCUT2D eigenvalue weighted by atomic mass is 10.1. The first-order valence-electron chi connectivity index (χ1n) is 12.0. The van der Waals surface area contributed by atoms with Crippen molar-refractivity contribution in [1.82, 2.24) is 19.8 Å². The highest BCUT2D eigenvalue weighted by Gasteiger charge is 2.26. The number of fused-ring (bicyclic) bond motifs is 1. The lowest BCUT2D eigenvalue weighted by molar-refractivity contribution is -0.131. The van der Waals surface area contributed by atoms with Gasteiger partial charge in [0.2, 0.25) is 5.91 Å². The van der Waals surface area contributed by atoms with Crippen molar-refractivity contribution >= 4 is 28.4 Å². The number of benzene rings is 2. The van der Waals surface area contributed by atoms with Gasteiger partial charge in [0.15, 0.2) is 0 Å². The molecule has 4 aromatic rings. The Labute approximate surface area is 205 Å². The van der Waals surface area contributed by atoms with Gasteiger partial charge in [0, 0.05) is 68.1 Å². The van der Waals surface area contributed by atoms with Crippen LogP contribution in [0.15, 0.2) is 85.3 Å². The van der Waals surface area contributed by atoms with Crippen molar-refractivity contribution in [2.75, 3.05) is 44.2 Å². The minimum absolute atomic E-state index is 0.0152. The standard InChI is InChI=1S/C28H29N5O2/c34-27(32-17-15-31(16-18-32)14-11-22-5-4-12-29-20-22)21-33(25-6-2-1-3-7-25)28(35)24-9-8-23-10-13-30-26(23)19-24/h1-10,12-13,19-20,30H,11,14-18,21H2. The number of hydrogen-bond donors (Lipinski definition) is 1. The first kappa shape index (κ1) is 22.8. The maximum Gasteiger partial charge on any atom is 0.258 e. The summed E-state index contributed by atoms with van der Waals surface area (Å²) >= 11 is 0. The zero-order valence-corrected chi connectivity index (χ0v) is 19.6. The normalized spacial score (nSPS) is 14.2. The average molecular weight is 468 g/mol. The molecule has 7 nitrogen and oxygen atoms in total. The van der Waals surface area contributed by atoms with E-state index < -0.39 is 0 Å². The molecule has 0 radical (unpaired) electrons. The predicted octanol–water partition coefficient (Wildman–Crippen LogP) is 3.60. The lowest BCUT2D eigenvalue weighted by Gasteiger charge is -2.36. The quantitative estimate of drug-likeness (QED) is 0.451. The maximum atomic E-state index is 13.5. The molecule has 2 amide bonds. The highest BCUT2D eigenvalue weighted by atomic mass is 16.2. The Balaban J connectivity index is 1.24. The molecule has 0 bridgehead atoms.